The number of carbonyl (C=O) groups is 1. The molecule has 124 valence electrons. The molecule has 1 rings (SSSR count). The van der Waals surface area contributed by atoms with E-state index in [1.54, 1.807) is 0 Å². The number of amides is 1. The summed E-state index contributed by atoms with van der Waals surface area (Å²) >= 11 is 0. The van der Waals surface area contributed by atoms with Gasteiger partial charge in [0.2, 0.25) is 0 Å². The van der Waals surface area contributed by atoms with E-state index >= 15 is 0 Å². The molecule has 0 saturated carbocycles. The third-order valence-electron chi connectivity index (χ3n) is 2.43. The molecule has 1 amide bonds. The van der Waals surface area contributed by atoms with Crippen LogP contribution in [0.15, 0.2) is 23.1 Å². The average molecular weight is 350 g/mol. The molecular formula is C13H20ClN3O4S. The Bertz CT molecular complexity index is 659. The molecule has 0 fully saturated rings. The van der Waals surface area contributed by atoms with Crippen LogP contribution in [0.2, 0.25) is 0 Å². The van der Waals surface area contributed by atoms with Crippen LogP contribution in [0, 0.1) is 11.3 Å². The summed E-state index contributed by atoms with van der Waals surface area (Å²) in [7, 11) is -3.56. The van der Waals surface area contributed by atoms with Crippen LogP contribution < -0.4 is 15.8 Å². The molecule has 0 aliphatic heterocycles. The Kier molecular flexibility index (Phi) is 7.34. The van der Waals surface area contributed by atoms with Crippen molar-refractivity contribution in [3.05, 3.63) is 23.8 Å². The molecule has 4 N–H and O–H groups in total. The molecule has 22 heavy (non-hydrogen) atoms. The summed E-state index contributed by atoms with van der Waals surface area (Å²) in [5.41, 5.74) is 5.16. The normalized spacial score (nSPS) is 10.7. The van der Waals surface area contributed by atoms with Crippen LogP contribution in [0.3, 0.4) is 0 Å². The zero-order valence-electron chi connectivity index (χ0n) is 12.5. The van der Waals surface area contributed by atoms with E-state index in [2.05, 4.69) is 5.32 Å². The number of ether oxygens (including phenoxy) is 1. The molecule has 0 unspecified atom stereocenters. The van der Waals surface area contributed by atoms with Gasteiger partial charge >= 0.3 is 0 Å². The fourth-order valence-electron chi connectivity index (χ4n) is 1.51. The number of benzene rings is 1. The summed E-state index contributed by atoms with van der Waals surface area (Å²) in [6.07, 6.45) is 1.04. The first-order valence-electron chi connectivity index (χ1n) is 6.23. The predicted molar refractivity (Wildman–Crippen MR) is 86.5 cm³/mol. The number of sulfone groups is 1. The van der Waals surface area contributed by atoms with Crippen molar-refractivity contribution in [3.8, 4) is 5.75 Å². The van der Waals surface area contributed by atoms with Crippen LogP contribution in [0.4, 0.5) is 0 Å². The number of nitrogens with one attached hydrogen (secondary N) is 2. The second kappa shape index (κ2) is 8.00. The van der Waals surface area contributed by atoms with Crippen LogP contribution in [-0.4, -0.2) is 33.1 Å². The molecule has 0 aliphatic rings. The van der Waals surface area contributed by atoms with Gasteiger partial charge in [-0.3, -0.25) is 15.5 Å². The van der Waals surface area contributed by atoms with E-state index in [1.165, 1.54) is 18.2 Å². The molecule has 0 aliphatic carbocycles. The quantitative estimate of drug-likeness (QED) is 0.544. The molecule has 1 aromatic rings. The molecule has 7 nitrogen and oxygen atoms in total. The maximum atomic E-state index is 11.8. The minimum Gasteiger partial charge on any atom is -0.492 e. The highest BCUT2D eigenvalue weighted by Gasteiger charge is 2.18. The number of rotatable bonds is 5. The van der Waals surface area contributed by atoms with E-state index in [0.717, 1.165) is 6.26 Å². The van der Waals surface area contributed by atoms with Gasteiger partial charge in [0.25, 0.3) is 5.91 Å². The number of hydrogen-bond donors (Lipinski definition) is 3. The lowest BCUT2D eigenvalue weighted by atomic mass is 10.2. The van der Waals surface area contributed by atoms with E-state index < -0.39 is 21.7 Å². The summed E-state index contributed by atoms with van der Waals surface area (Å²) in [5.74, 6) is -0.729. The van der Waals surface area contributed by atoms with Crippen molar-refractivity contribution in [2.75, 3.05) is 12.9 Å². The lowest BCUT2D eigenvalue weighted by molar-refractivity contribution is 0.0976. The van der Waals surface area contributed by atoms with Gasteiger partial charge in [-0.05, 0) is 24.1 Å². The Hall–Kier alpha value is -1.80. The summed E-state index contributed by atoms with van der Waals surface area (Å²) < 4.78 is 29.1. The topological polar surface area (TPSA) is 122 Å². The number of hydrogen-bond acceptors (Lipinski definition) is 5. The molecule has 9 heteroatoms. The van der Waals surface area contributed by atoms with Gasteiger partial charge in [-0.1, -0.05) is 13.8 Å². The maximum absolute atomic E-state index is 11.8. The van der Waals surface area contributed by atoms with Crippen molar-refractivity contribution in [2.45, 2.75) is 18.7 Å². The fraction of sp³-hybridized carbons (Fsp3) is 0.385. The molecule has 1 aromatic carbocycles. The largest absolute Gasteiger partial charge is 0.492 e. The first-order chi connectivity index (χ1) is 9.61. The van der Waals surface area contributed by atoms with Crippen molar-refractivity contribution >= 4 is 34.1 Å². The van der Waals surface area contributed by atoms with Crippen molar-refractivity contribution in [1.29, 1.82) is 5.41 Å². The number of carbonyl (C=O) groups excluding carboxylic acids is 1. The Balaban J connectivity index is 0.00000441. The molecule has 0 spiro atoms. The summed E-state index contributed by atoms with van der Waals surface area (Å²) in [6, 6.07) is 4.06. The van der Waals surface area contributed by atoms with Crippen molar-refractivity contribution in [3.63, 3.8) is 0 Å². The lowest BCUT2D eigenvalue weighted by Gasteiger charge is -2.13. The van der Waals surface area contributed by atoms with Gasteiger partial charge in [-0.15, -0.1) is 12.4 Å². The van der Waals surface area contributed by atoms with Gasteiger partial charge in [-0.2, -0.15) is 0 Å². The Morgan fingerprint density at radius 3 is 2.45 bits per heavy atom. The van der Waals surface area contributed by atoms with Gasteiger partial charge in [0, 0.05) is 11.8 Å². The predicted octanol–water partition coefficient (Wildman–Crippen LogP) is 1.17. The van der Waals surface area contributed by atoms with Gasteiger partial charge in [0.1, 0.15) is 10.6 Å². The van der Waals surface area contributed by atoms with Gasteiger partial charge in [0.05, 0.1) is 6.61 Å². The van der Waals surface area contributed by atoms with Crippen LogP contribution in [-0.2, 0) is 9.84 Å². The smallest absolute Gasteiger partial charge is 0.257 e. The van der Waals surface area contributed by atoms with Crippen molar-refractivity contribution < 1.29 is 17.9 Å². The summed E-state index contributed by atoms with van der Waals surface area (Å²) in [4.78, 5) is 11.7. The first kappa shape index (κ1) is 20.2. The third kappa shape index (κ3) is 5.90. The van der Waals surface area contributed by atoms with Crippen molar-refractivity contribution in [2.24, 2.45) is 11.7 Å². The summed E-state index contributed by atoms with van der Waals surface area (Å²) in [6.45, 7) is 4.24. The minimum atomic E-state index is -3.56. The lowest BCUT2D eigenvalue weighted by Crippen LogP contribution is -2.35. The third-order valence-corrected chi connectivity index (χ3v) is 3.54. The van der Waals surface area contributed by atoms with Crippen LogP contribution in [0.5, 0.6) is 5.75 Å². The molecule has 0 saturated heterocycles. The van der Waals surface area contributed by atoms with Crippen LogP contribution >= 0.6 is 12.4 Å². The second-order valence-corrected chi connectivity index (χ2v) is 6.99. The van der Waals surface area contributed by atoms with E-state index in [-0.39, 0.29) is 34.5 Å². The zero-order valence-corrected chi connectivity index (χ0v) is 14.2. The molecular weight excluding hydrogens is 330 g/mol. The maximum Gasteiger partial charge on any atom is 0.257 e. The average Bonchev–Trinajstić information content (AvgIpc) is 2.34. The minimum absolute atomic E-state index is 0. The molecule has 0 heterocycles. The Labute approximate surface area is 136 Å². The molecule has 0 atom stereocenters. The molecule has 0 radical (unpaired) electrons. The van der Waals surface area contributed by atoms with Crippen LogP contribution in [0.1, 0.15) is 24.2 Å². The molecule has 0 aromatic heterocycles. The van der Waals surface area contributed by atoms with Gasteiger partial charge in [0.15, 0.2) is 15.8 Å². The van der Waals surface area contributed by atoms with Crippen LogP contribution in [0.25, 0.3) is 0 Å². The Morgan fingerprint density at radius 1 is 1.41 bits per heavy atom. The summed E-state index contributed by atoms with van der Waals surface area (Å²) in [5, 5.41) is 9.10. The van der Waals surface area contributed by atoms with E-state index in [0.29, 0.717) is 6.61 Å². The standard InChI is InChI=1S/C13H19N3O4S.ClH/c1-8(2)7-20-10-5-4-9(12(17)16-13(14)15)6-11(10)21(3,18)19;/h4-6,8H,7H2,1-3H3,(H4,14,15,16,17);1H. The highest BCUT2D eigenvalue weighted by atomic mass is 35.5. The van der Waals surface area contributed by atoms with Gasteiger partial charge < -0.3 is 10.5 Å². The van der Waals surface area contributed by atoms with Gasteiger partial charge in [-0.25, -0.2) is 8.42 Å². The first-order valence-corrected chi connectivity index (χ1v) is 8.12. The Morgan fingerprint density at radius 2 is 2.00 bits per heavy atom. The highest BCUT2D eigenvalue weighted by Crippen LogP contribution is 2.25. The fourth-order valence-corrected chi connectivity index (χ4v) is 2.34. The SMILES string of the molecule is CC(C)COc1ccc(C(=O)NC(=N)N)cc1S(C)(=O)=O.Cl. The zero-order chi connectivity index (χ0) is 16.2. The molecule has 0 bridgehead atoms. The van der Waals surface area contributed by atoms with E-state index in [1.807, 2.05) is 13.8 Å². The number of halogens is 1. The second-order valence-electron chi connectivity index (χ2n) is 5.01. The monoisotopic (exact) mass is 349 g/mol. The van der Waals surface area contributed by atoms with E-state index in [9.17, 15) is 13.2 Å². The van der Waals surface area contributed by atoms with E-state index in [4.69, 9.17) is 15.9 Å². The number of guanidine groups is 1. The van der Waals surface area contributed by atoms with Crippen molar-refractivity contribution in [1.82, 2.24) is 5.32 Å². The number of nitrogens with two attached hydrogens (primary N) is 1. The highest BCUT2D eigenvalue weighted by molar-refractivity contribution is 7.90.